The zero-order valence-corrected chi connectivity index (χ0v) is 11.0. The van der Waals surface area contributed by atoms with Crippen molar-refractivity contribution in [2.45, 2.75) is 27.2 Å². The first-order valence-corrected chi connectivity index (χ1v) is 6.01. The molecule has 0 aromatic heterocycles. The van der Waals surface area contributed by atoms with Crippen LogP contribution in [0.4, 0.5) is 0 Å². The van der Waals surface area contributed by atoms with Crippen LogP contribution in [0.15, 0.2) is 29.8 Å². The van der Waals surface area contributed by atoms with Gasteiger partial charge in [0.2, 0.25) is 0 Å². The van der Waals surface area contributed by atoms with Crippen LogP contribution in [0.5, 0.6) is 0 Å². The van der Waals surface area contributed by atoms with Gasteiger partial charge in [-0.15, -0.1) is 0 Å². The first-order chi connectivity index (χ1) is 8.63. The molecule has 0 aliphatic rings. The number of rotatable bonds is 4. The lowest BCUT2D eigenvalue weighted by molar-refractivity contribution is -0.137. The fourth-order valence-corrected chi connectivity index (χ4v) is 1.72. The van der Waals surface area contributed by atoms with Crippen LogP contribution in [0, 0.1) is 18.3 Å². The molecule has 0 amide bonds. The molecule has 1 rings (SSSR count). The van der Waals surface area contributed by atoms with Crippen LogP contribution in [0.2, 0.25) is 0 Å². The van der Waals surface area contributed by atoms with Gasteiger partial charge in [-0.05, 0) is 31.4 Å². The van der Waals surface area contributed by atoms with E-state index in [2.05, 4.69) is 0 Å². The van der Waals surface area contributed by atoms with Gasteiger partial charge in [-0.2, -0.15) is 5.26 Å². The summed E-state index contributed by atoms with van der Waals surface area (Å²) in [5, 5.41) is 9.13. The second-order valence-corrected chi connectivity index (χ2v) is 3.91. The number of esters is 1. The number of allylic oxidation sites excluding steroid dienone is 1. The molecule has 0 saturated carbocycles. The average molecular weight is 243 g/mol. The quantitative estimate of drug-likeness (QED) is 0.463. The number of hydrogen-bond acceptors (Lipinski definition) is 3. The van der Waals surface area contributed by atoms with E-state index in [0.717, 1.165) is 16.7 Å². The van der Waals surface area contributed by atoms with Crippen molar-refractivity contribution >= 4 is 11.5 Å². The summed E-state index contributed by atoms with van der Waals surface area (Å²) in [7, 11) is 0. The van der Waals surface area contributed by atoms with Gasteiger partial charge < -0.3 is 4.74 Å². The maximum Gasteiger partial charge on any atom is 0.349 e. The van der Waals surface area contributed by atoms with Crippen LogP contribution in [0.3, 0.4) is 0 Å². The molecule has 0 radical (unpaired) electrons. The van der Waals surface area contributed by atoms with Gasteiger partial charge in [0.25, 0.3) is 0 Å². The minimum atomic E-state index is -0.544. The van der Waals surface area contributed by atoms with E-state index in [1.165, 1.54) is 0 Å². The molecule has 0 atom stereocenters. The number of nitrogens with zero attached hydrogens (tertiary/aromatic N) is 1. The summed E-state index contributed by atoms with van der Waals surface area (Å²) in [6.45, 7) is 5.92. The van der Waals surface area contributed by atoms with Crippen molar-refractivity contribution < 1.29 is 9.53 Å². The highest BCUT2D eigenvalue weighted by Gasteiger charge is 2.16. The van der Waals surface area contributed by atoms with Crippen molar-refractivity contribution in [3.8, 4) is 6.07 Å². The van der Waals surface area contributed by atoms with E-state index in [1.54, 1.807) is 6.92 Å². The lowest BCUT2D eigenvalue weighted by Gasteiger charge is -2.08. The second-order valence-electron chi connectivity index (χ2n) is 3.91. The molecule has 0 heterocycles. The third-order valence-corrected chi connectivity index (χ3v) is 2.65. The van der Waals surface area contributed by atoms with Crippen LogP contribution in [0.1, 0.15) is 31.4 Å². The van der Waals surface area contributed by atoms with Crippen LogP contribution >= 0.6 is 0 Å². The summed E-state index contributed by atoms with van der Waals surface area (Å²) >= 11 is 0. The van der Waals surface area contributed by atoms with E-state index in [4.69, 9.17) is 10.00 Å². The lowest BCUT2D eigenvalue weighted by atomic mass is 9.97. The van der Waals surface area contributed by atoms with Gasteiger partial charge >= 0.3 is 5.97 Å². The van der Waals surface area contributed by atoms with Gasteiger partial charge in [-0.3, -0.25) is 0 Å². The number of carbonyl (C=O) groups is 1. The molecule has 0 aliphatic carbocycles. The smallest absolute Gasteiger partial charge is 0.349 e. The number of nitriles is 1. The number of hydrogen-bond donors (Lipinski definition) is 0. The van der Waals surface area contributed by atoms with E-state index in [-0.39, 0.29) is 12.2 Å². The van der Waals surface area contributed by atoms with Gasteiger partial charge in [0, 0.05) is 0 Å². The summed E-state index contributed by atoms with van der Waals surface area (Å²) in [6.07, 6.45) is 0.616. The van der Waals surface area contributed by atoms with Crippen molar-refractivity contribution in [1.82, 2.24) is 0 Å². The van der Waals surface area contributed by atoms with Crippen molar-refractivity contribution in [2.24, 2.45) is 0 Å². The third-order valence-electron chi connectivity index (χ3n) is 2.65. The predicted octanol–water partition coefficient (Wildman–Crippen LogP) is 3.25. The topological polar surface area (TPSA) is 50.1 Å². The van der Waals surface area contributed by atoms with E-state index < -0.39 is 5.97 Å². The summed E-state index contributed by atoms with van der Waals surface area (Å²) in [5.41, 5.74) is 2.87. The summed E-state index contributed by atoms with van der Waals surface area (Å²) < 4.78 is 4.90. The Hall–Kier alpha value is -2.08. The Balaban J connectivity index is 3.24. The largest absolute Gasteiger partial charge is 0.462 e. The maximum absolute atomic E-state index is 11.7. The van der Waals surface area contributed by atoms with Crippen molar-refractivity contribution in [2.75, 3.05) is 6.61 Å². The standard InChI is InChI=1S/C15H17NO2/c1-4-13(12-8-6-11(3)7-9-12)14(10-16)15(17)18-5-2/h6-9H,4-5H2,1-3H3. The highest BCUT2D eigenvalue weighted by Crippen LogP contribution is 2.23. The highest BCUT2D eigenvalue weighted by molar-refractivity contribution is 6.01. The second kappa shape index (κ2) is 6.61. The molecule has 3 heteroatoms. The molecule has 0 spiro atoms. The van der Waals surface area contributed by atoms with Gasteiger partial charge in [0.15, 0.2) is 0 Å². The molecular formula is C15H17NO2. The van der Waals surface area contributed by atoms with Gasteiger partial charge in [0.05, 0.1) is 6.61 Å². The monoisotopic (exact) mass is 243 g/mol. The number of carbonyl (C=O) groups excluding carboxylic acids is 1. The van der Waals surface area contributed by atoms with Crippen LogP contribution in [-0.2, 0) is 9.53 Å². The number of benzene rings is 1. The summed E-state index contributed by atoms with van der Waals surface area (Å²) in [6, 6.07) is 9.73. The Morgan fingerprint density at radius 1 is 1.28 bits per heavy atom. The molecule has 1 aromatic carbocycles. The van der Waals surface area contributed by atoms with Crippen molar-refractivity contribution in [1.29, 1.82) is 5.26 Å². The van der Waals surface area contributed by atoms with E-state index in [9.17, 15) is 4.79 Å². The van der Waals surface area contributed by atoms with Gasteiger partial charge in [0.1, 0.15) is 11.6 Å². The molecule has 0 unspecified atom stereocenters. The normalized spacial score (nSPS) is 11.4. The Bertz CT molecular complexity index is 492. The number of ether oxygens (including phenoxy) is 1. The van der Waals surface area contributed by atoms with Gasteiger partial charge in [-0.1, -0.05) is 36.8 Å². The van der Waals surface area contributed by atoms with E-state index in [0.29, 0.717) is 6.42 Å². The zero-order valence-electron chi connectivity index (χ0n) is 11.0. The first kappa shape index (κ1) is 14.0. The Kier molecular flexibility index (Phi) is 5.13. The Labute approximate surface area is 108 Å². The number of aryl methyl sites for hydroxylation is 1. The van der Waals surface area contributed by atoms with Crippen LogP contribution in [0.25, 0.3) is 5.57 Å². The zero-order chi connectivity index (χ0) is 13.5. The van der Waals surface area contributed by atoms with Crippen LogP contribution in [-0.4, -0.2) is 12.6 Å². The fourth-order valence-electron chi connectivity index (χ4n) is 1.72. The minimum absolute atomic E-state index is 0.100. The van der Waals surface area contributed by atoms with Gasteiger partial charge in [-0.25, -0.2) is 4.79 Å². The molecule has 3 nitrogen and oxygen atoms in total. The SMILES string of the molecule is CCOC(=O)C(C#N)=C(CC)c1ccc(C)cc1. The molecule has 0 saturated heterocycles. The van der Waals surface area contributed by atoms with Crippen molar-refractivity contribution in [3.05, 3.63) is 41.0 Å². The Morgan fingerprint density at radius 3 is 2.33 bits per heavy atom. The Morgan fingerprint density at radius 2 is 1.89 bits per heavy atom. The van der Waals surface area contributed by atoms with E-state index in [1.807, 2.05) is 44.2 Å². The molecular weight excluding hydrogens is 226 g/mol. The van der Waals surface area contributed by atoms with E-state index >= 15 is 0 Å². The molecule has 1 aromatic rings. The lowest BCUT2D eigenvalue weighted by Crippen LogP contribution is -2.08. The summed E-state index contributed by atoms with van der Waals surface area (Å²) in [4.78, 5) is 11.7. The molecule has 94 valence electrons. The fraction of sp³-hybridized carbons (Fsp3) is 0.333. The first-order valence-electron chi connectivity index (χ1n) is 6.01. The summed E-state index contributed by atoms with van der Waals surface area (Å²) in [5.74, 6) is -0.544. The molecule has 0 N–H and O–H groups in total. The maximum atomic E-state index is 11.7. The minimum Gasteiger partial charge on any atom is -0.462 e. The third kappa shape index (κ3) is 3.21. The highest BCUT2D eigenvalue weighted by atomic mass is 16.5. The van der Waals surface area contributed by atoms with Crippen molar-refractivity contribution in [3.63, 3.8) is 0 Å². The average Bonchev–Trinajstić information content (AvgIpc) is 2.37. The van der Waals surface area contributed by atoms with Crippen LogP contribution < -0.4 is 0 Å². The predicted molar refractivity (Wildman–Crippen MR) is 70.6 cm³/mol. The molecule has 0 aliphatic heterocycles. The molecule has 0 bridgehead atoms. The molecule has 0 fully saturated rings. The molecule has 18 heavy (non-hydrogen) atoms.